The van der Waals surface area contributed by atoms with Crippen molar-refractivity contribution in [2.24, 2.45) is 0 Å². The van der Waals surface area contributed by atoms with Gasteiger partial charge in [0.2, 0.25) is 11.2 Å². The number of halogens is 3. The standard InChI is InChI=1S/C22H20F3NO6/c1-29-13-2-4-14(5-3-13)31-20-18(28)15-6-7-17(27)16(12-26-8-10-30-11-9-26)19(15)32-21(20)22(23,24)25/h2-7,27H,8-12H2,1H3/p+1. The summed E-state index contributed by atoms with van der Waals surface area (Å²) in [5.74, 6) is -2.28. The van der Waals surface area contributed by atoms with Crippen molar-refractivity contribution in [3.8, 4) is 23.0 Å². The summed E-state index contributed by atoms with van der Waals surface area (Å²) in [7, 11) is 1.45. The molecule has 0 aliphatic carbocycles. The van der Waals surface area contributed by atoms with Gasteiger partial charge in [-0.25, -0.2) is 0 Å². The van der Waals surface area contributed by atoms with Crippen LogP contribution in [-0.2, 0) is 17.5 Å². The second-order valence-electron chi connectivity index (χ2n) is 7.34. The summed E-state index contributed by atoms with van der Waals surface area (Å²) in [4.78, 5) is 14.1. The number of morpholine rings is 1. The van der Waals surface area contributed by atoms with Gasteiger partial charge in [0.05, 0.1) is 31.3 Å². The lowest BCUT2D eigenvalue weighted by atomic mass is 10.1. The molecule has 1 aliphatic rings. The number of aromatic hydroxyl groups is 1. The van der Waals surface area contributed by atoms with Crippen molar-refractivity contribution < 1.29 is 41.8 Å². The highest BCUT2D eigenvalue weighted by Crippen LogP contribution is 2.39. The Kier molecular flexibility index (Phi) is 5.98. The molecule has 2 N–H and O–H groups in total. The molecule has 0 spiro atoms. The van der Waals surface area contributed by atoms with Crippen molar-refractivity contribution in [2.45, 2.75) is 12.7 Å². The molecule has 0 amide bonds. The predicted octanol–water partition coefficient (Wildman–Crippen LogP) is 2.73. The number of hydrogen-bond donors (Lipinski definition) is 2. The van der Waals surface area contributed by atoms with Crippen molar-refractivity contribution in [1.29, 1.82) is 0 Å². The number of ether oxygens (including phenoxy) is 3. The maximum absolute atomic E-state index is 13.9. The number of benzene rings is 2. The summed E-state index contributed by atoms with van der Waals surface area (Å²) < 4.78 is 62.4. The number of alkyl halides is 3. The molecule has 0 unspecified atom stereocenters. The first-order valence-corrected chi connectivity index (χ1v) is 9.90. The molecule has 0 radical (unpaired) electrons. The normalized spacial score (nSPS) is 15.1. The Labute approximate surface area is 180 Å². The van der Waals surface area contributed by atoms with E-state index >= 15 is 0 Å². The van der Waals surface area contributed by atoms with Crippen LogP contribution in [0.1, 0.15) is 11.3 Å². The monoisotopic (exact) mass is 452 g/mol. The Morgan fingerprint density at radius 2 is 1.72 bits per heavy atom. The first-order chi connectivity index (χ1) is 15.3. The van der Waals surface area contributed by atoms with Crippen LogP contribution in [0, 0.1) is 0 Å². The molecule has 1 aliphatic heterocycles. The topological polar surface area (TPSA) is 82.6 Å². The van der Waals surface area contributed by atoms with Crippen LogP contribution < -0.4 is 19.8 Å². The molecular weight excluding hydrogens is 431 g/mol. The van der Waals surface area contributed by atoms with Crippen molar-refractivity contribution in [3.63, 3.8) is 0 Å². The summed E-state index contributed by atoms with van der Waals surface area (Å²) >= 11 is 0. The molecule has 0 atom stereocenters. The molecule has 3 aromatic rings. The van der Waals surface area contributed by atoms with E-state index in [0.717, 1.165) is 4.90 Å². The highest BCUT2D eigenvalue weighted by atomic mass is 19.4. The van der Waals surface area contributed by atoms with Gasteiger partial charge in [-0.15, -0.1) is 0 Å². The lowest BCUT2D eigenvalue weighted by Gasteiger charge is -2.24. The lowest BCUT2D eigenvalue weighted by molar-refractivity contribution is -0.921. The van der Waals surface area contributed by atoms with Crippen molar-refractivity contribution in [3.05, 3.63) is 57.9 Å². The van der Waals surface area contributed by atoms with Crippen molar-refractivity contribution in [2.75, 3.05) is 33.4 Å². The molecule has 170 valence electrons. The van der Waals surface area contributed by atoms with E-state index in [1.807, 2.05) is 0 Å². The summed E-state index contributed by atoms with van der Waals surface area (Å²) in [6, 6.07) is 8.26. The fourth-order valence-electron chi connectivity index (χ4n) is 3.59. The van der Waals surface area contributed by atoms with E-state index in [1.54, 1.807) is 0 Å². The SMILES string of the molecule is COc1ccc(Oc2c(C(F)(F)F)oc3c(C[NH+]4CCOCC4)c(O)ccc3c2=O)cc1. The van der Waals surface area contributed by atoms with E-state index in [9.17, 15) is 23.1 Å². The Bertz CT molecular complexity index is 1170. The number of fused-ring (bicyclic) bond motifs is 1. The van der Waals surface area contributed by atoms with E-state index in [1.165, 1.54) is 43.5 Å². The molecule has 0 bridgehead atoms. The molecule has 4 rings (SSSR count). The zero-order valence-electron chi connectivity index (χ0n) is 17.1. The Morgan fingerprint density at radius 3 is 2.34 bits per heavy atom. The predicted molar refractivity (Wildman–Crippen MR) is 107 cm³/mol. The molecular formula is C22H21F3NO6+. The molecule has 1 fully saturated rings. The van der Waals surface area contributed by atoms with Gasteiger partial charge in [0.25, 0.3) is 5.76 Å². The highest BCUT2D eigenvalue weighted by molar-refractivity contribution is 5.83. The minimum absolute atomic E-state index is 0.0136. The average Bonchev–Trinajstić information content (AvgIpc) is 2.78. The molecule has 0 saturated carbocycles. The van der Waals surface area contributed by atoms with Crippen LogP contribution in [0.3, 0.4) is 0 Å². The maximum atomic E-state index is 13.9. The van der Waals surface area contributed by atoms with Crippen molar-refractivity contribution >= 4 is 11.0 Å². The molecule has 7 nitrogen and oxygen atoms in total. The summed E-state index contributed by atoms with van der Waals surface area (Å²) in [5, 5.41) is 10.2. The first kappa shape index (κ1) is 22.0. The summed E-state index contributed by atoms with van der Waals surface area (Å²) in [6.45, 7) is 2.41. The Morgan fingerprint density at radius 1 is 1.06 bits per heavy atom. The van der Waals surface area contributed by atoms with E-state index in [4.69, 9.17) is 18.6 Å². The molecule has 32 heavy (non-hydrogen) atoms. The van der Waals surface area contributed by atoms with Gasteiger partial charge in [0.15, 0.2) is 5.58 Å². The summed E-state index contributed by atoms with van der Waals surface area (Å²) in [6.07, 6.45) is -5.00. The number of phenols is 1. The third-order valence-electron chi connectivity index (χ3n) is 5.26. The maximum Gasteiger partial charge on any atom is 0.453 e. The van der Waals surface area contributed by atoms with Gasteiger partial charge in [0, 0.05) is 0 Å². The highest BCUT2D eigenvalue weighted by Gasteiger charge is 2.41. The molecule has 10 heteroatoms. The van der Waals surface area contributed by atoms with Gasteiger partial charge in [-0.05, 0) is 36.4 Å². The number of rotatable bonds is 5. The van der Waals surface area contributed by atoms with Gasteiger partial charge < -0.3 is 28.6 Å². The number of methoxy groups -OCH3 is 1. The van der Waals surface area contributed by atoms with Crippen LogP contribution in [0.5, 0.6) is 23.0 Å². The van der Waals surface area contributed by atoms with Crippen LogP contribution >= 0.6 is 0 Å². The van der Waals surface area contributed by atoms with Gasteiger partial charge in [-0.1, -0.05) is 0 Å². The molecule has 2 aromatic carbocycles. The Balaban J connectivity index is 1.84. The fraction of sp³-hybridized carbons (Fsp3) is 0.318. The second-order valence-corrected chi connectivity index (χ2v) is 7.34. The number of quaternary nitrogens is 1. The average molecular weight is 452 g/mol. The second kappa shape index (κ2) is 8.71. The lowest BCUT2D eigenvalue weighted by Crippen LogP contribution is -3.12. The smallest absolute Gasteiger partial charge is 0.453 e. The first-order valence-electron chi connectivity index (χ1n) is 9.90. The largest absolute Gasteiger partial charge is 0.507 e. The van der Waals surface area contributed by atoms with Gasteiger partial charge in [-0.3, -0.25) is 4.79 Å². The third kappa shape index (κ3) is 4.37. The van der Waals surface area contributed by atoms with Crippen LogP contribution in [-0.4, -0.2) is 38.5 Å². The molecule has 1 saturated heterocycles. The minimum atomic E-state index is -5.00. The van der Waals surface area contributed by atoms with Gasteiger partial charge in [0.1, 0.15) is 36.9 Å². The number of phenolic OH excluding ortho intramolecular Hbond substituents is 1. The van der Waals surface area contributed by atoms with Crippen LogP contribution in [0.15, 0.2) is 45.6 Å². The van der Waals surface area contributed by atoms with Crippen molar-refractivity contribution in [1.82, 2.24) is 0 Å². The van der Waals surface area contributed by atoms with E-state index in [2.05, 4.69) is 0 Å². The van der Waals surface area contributed by atoms with E-state index in [0.29, 0.717) is 32.1 Å². The molecule has 2 heterocycles. The third-order valence-corrected chi connectivity index (χ3v) is 5.26. The van der Waals surface area contributed by atoms with Crippen LogP contribution in [0.4, 0.5) is 13.2 Å². The fourth-order valence-corrected chi connectivity index (χ4v) is 3.59. The molecule has 1 aromatic heterocycles. The quantitative estimate of drug-likeness (QED) is 0.620. The van der Waals surface area contributed by atoms with Crippen LogP contribution in [0.25, 0.3) is 11.0 Å². The zero-order chi connectivity index (χ0) is 22.9. The number of hydrogen-bond acceptors (Lipinski definition) is 6. The van der Waals surface area contributed by atoms with Gasteiger partial charge in [-0.2, -0.15) is 13.2 Å². The number of nitrogens with one attached hydrogen (secondary N) is 1. The van der Waals surface area contributed by atoms with Gasteiger partial charge >= 0.3 is 6.18 Å². The Hall–Kier alpha value is -3.24. The van der Waals surface area contributed by atoms with E-state index in [-0.39, 0.29) is 34.6 Å². The zero-order valence-corrected chi connectivity index (χ0v) is 17.1. The minimum Gasteiger partial charge on any atom is -0.507 e. The van der Waals surface area contributed by atoms with Crippen LogP contribution in [0.2, 0.25) is 0 Å². The summed E-state index contributed by atoms with van der Waals surface area (Å²) in [5.41, 5.74) is -1.14. The van der Waals surface area contributed by atoms with E-state index < -0.39 is 23.1 Å².